The van der Waals surface area contributed by atoms with E-state index in [-0.39, 0.29) is 0 Å². The molecule has 3 heteroatoms. The number of hydrogen-bond acceptors (Lipinski definition) is 1. The van der Waals surface area contributed by atoms with Gasteiger partial charge in [0.15, 0.2) is 0 Å². The average Bonchev–Trinajstić information content (AvgIpc) is 2.66. The van der Waals surface area contributed by atoms with Gasteiger partial charge in [0.2, 0.25) is 6.54 Å². The van der Waals surface area contributed by atoms with Gasteiger partial charge in [-0.25, -0.2) is 11.3 Å². The molecule has 3 nitrogen and oxygen atoms in total. The number of aryl methyl sites for hydroxylation is 1. The smallest absolute Gasteiger partial charge is 0.239 e. The van der Waals surface area contributed by atoms with E-state index in [0.717, 1.165) is 16.8 Å². The number of benzene rings is 1. The Morgan fingerprint density at radius 3 is 3.00 bits per heavy atom. The molecule has 2 rings (SSSR count). The van der Waals surface area contributed by atoms with Gasteiger partial charge in [-0.1, -0.05) is 12.1 Å². The molecule has 74 valence electrons. The third-order valence-corrected chi connectivity index (χ3v) is 2.15. The fourth-order valence-electron chi connectivity index (χ4n) is 1.44. The minimum atomic E-state index is 0.425. The Balaban J connectivity index is 2.37. The standard InChI is InChI=1S/C12H11N3/c1-10-7-14-15(9-10)12-5-3-4-11(6-12)8-13-2/h3-7,9H,8H2,1H3. The molecule has 0 spiro atoms. The van der Waals surface area contributed by atoms with Crippen LogP contribution in [-0.4, -0.2) is 9.78 Å². The van der Waals surface area contributed by atoms with Gasteiger partial charge in [-0.05, 0) is 24.6 Å². The zero-order valence-electron chi connectivity index (χ0n) is 8.51. The summed E-state index contributed by atoms with van der Waals surface area (Å²) in [4.78, 5) is 3.37. The second-order valence-electron chi connectivity index (χ2n) is 3.45. The van der Waals surface area contributed by atoms with Gasteiger partial charge in [0.1, 0.15) is 0 Å². The van der Waals surface area contributed by atoms with Gasteiger partial charge in [-0.3, -0.25) is 0 Å². The van der Waals surface area contributed by atoms with Crippen LogP contribution in [0.1, 0.15) is 11.1 Å². The Hall–Kier alpha value is -2.08. The largest absolute Gasteiger partial charge is 0.312 e. The quantitative estimate of drug-likeness (QED) is 0.678. The molecule has 0 aliphatic heterocycles. The molecule has 0 saturated carbocycles. The van der Waals surface area contributed by atoms with Crippen molar-refractivity contribution in [2.75, 3.05) is 0 Å². The lowest BCUT2D eigenvalue weighted by molar-refractivity contribution is 0.878. The topological polar surface area (TPSA) is 22.2 Å². The van der Waals surface area contributed by atoms with Gasteiger partial charge in [-0.2, -0.15) is 5.10 Å². The van der Waals surface area contributed by atoms with E-state index in [2.05, 4.69) is 9.94 Å². The zero-order chi connectivity index (χ0) is 10.7. The van der Waals surface area contributed by atoms with Crippen molar-refractivity contribution in [1.82, 2.24) is 9.78 Å². The van der Waals surface area contributed by atoms with Crippen LogP contribution in [0.4, 0.5) is 0 Å². The summed E-state index contributed by atoms with van der Waals surface area (Å²) in [5.41, 5.74) is 3.16. The molecular weight excluding hydrogens is 186 g/mol. The third kappa shape index (κ3) is 2.05. The molecular formula is C12H11N3. The van der Waals surface area contributed by atoms with E-state index in [9.17, 15) is 0 Å². The molecule has 0 aliphatic carbocycles. The summed E-state index contributed by atoms with van der Waals surface area (Å²) in [6, 6.07) is 7.88. The van der Waals surface area contributed by atoms with Gasteiger partial charge < -0.3 is 4.85 Å². The van der Waals surface area contributed by atoms with Crippen LogP contribution in [0.15, 0.2) is 36.7 Å². The highest BCUT2D eigenvalue weighted by Crippen LogP contribution is 2.11. The second-order valence-corrected chi connectivity index (χ2v) is 3.45. The minimum absolute atomic E-state index is 0.425. The Morgan fingerprint density at radius 2 is 2.33 bits per heavy atom. The summed E-state index contributed by atoms with van der Waals surface area (Å²) in [5, 5.41) is 4.23. The maximum Gasteiger partial charge on any atom is 0.239 e. The van der Waals surface area contributed by atoms with Gasteiger partial charge in [-0.15, -0.1) is 0 Å². The number of hydrogen-bond donors (Lipinski definition) is 0. The lowest BCUT2D eigenvalue weighted by atomic mass is 10.2. The Bertz CT molecular complexity index is 506. The number of rotatable bonds is 2. The SMILES string of the molecule is [C-]#[N+]Cc1cccc(-n2cc(C)cn2)c1. The Morgan fingerprint density at radius 1 is 1.47 bits per heavy atom. The first kappa shape index (κ1) is 9.47. The van der Waals surface area contributed by atoms with Crippen LogP contribution in [0, 0.1) is 13.5 Å². The average molecular weight is 197 g/mol. The highest BCUT2D eigenvalue weighted by atomic mass is 15.3. The molecule has 1 aromatic carbocycles. The van der Waals surface area contributed by atoms with Crippen molar-refractivity contribution in [3.05, 3.63) is 59.2 Å². The van der Waals surface area contributed by atoms with Crippen LogP contribution in [-0.2, 0) is 6.54 Å². The molecule has 0 aliphatic rings. The molecule has 0 amide bonds. The molecule has 0 fully saturated rings. The zero-order valence-corrected chi connectivity index (χ0v) is 8.51. The fourth-order valence-corrected chi connectivity index (χ4v) is 1.44. The molecule has 1 heterocycles. The summed E-state index contributed by atoms with van der Waals surface area (Å²) >= 11 is 0. The van der Waals surface area contributed by atoms with Crippen molar-refractivity contribution < 1.29 is 0 Å². The first-order valence-corrected chi connectivity index (χ1v) is 4.73. The highest BCUT2D eigenvalue weighted by Gasteiger charge is 2.00. The van der Waals surface area contributed by atoms with Crippen LogP contribution in [0.3, 0.4) is 0 Å². The fraction of sp³-hybridized carbons (Fsp3) is 0.167. The van der Waals surface area contributed by atoms with Crippen molar-refractivity contribution >= 4 is 0 Å². The van der Waals surface area contributed by atoms with E-state index in [0.29, 0.717) is 6.54 Å². The van der Waals surface area contributed by atoms with E-state index < -0.39 is 0 Å². The van der Waals surface area contributed by atoms with E-state index in [1.54, 1.807) is 0 Å². The van der Waals surface area contributed by atoms with Crippen molar-refractivity contribution in [3.63, 3.8) is 0 Å². The maximum absolute atomic E-state index is 6.82. The van der Waals surface area contributed by atoms with Gasteiger partial charge >= 0.3 is 0 Å². The van der Waals surface area contributed by atoms with E-state index >= 15 is 0 Å². The van der Waals surface area contributed by atoms with Gasteiger partial charge in [0.05, 0.1) is 11.9 Å². The van der Waals surface area contributed by atoms with Crippen LogP contribution in [0.5, 0.6) is 0 Å². The van der Waals surface area contributed by atoms with Gasteiger partial charge in [0.25, 0.3) is 0 Å². The lowest BCUT2D eigenvalue weighted by Crippen LogP contribution is -1.94. The third-order valence-electron chi connectivity index (χ3n) is 2.15. The minimum Gasteiger partial charge on any atom is -0.312 e. The molecule has 0 unspecified atom stereocenters. The molecule has 15 heavy (non-hydrogen) atoms. The van der Waals surface area contributed by atoms with Crippen LogP contribution >= 0.6 is 0 Å². The molecule has 0 atom stereocenters. The maximum atomic E-state index is 6.82. The van der Waals surface area contributed by atoms with Gasteiger partial charge in [0, 0.05) is 11.8 Å². The van der Waals surface area contributed by atoms with Crippen LogP contribution in [0.2, 0.25) is 0 Å². The predicted octanol–water partition coefficient (Wildman–Crippen LogP) is 2.60. The Kier molecular flexibility index (Phi) is 2.51. The first-order valence-electron chi connectivity index (χ1n) is 4.73. The van der Waals surface area contributed by atoms with E-state index in [1.165, 1.54) is 0 Å². The molecule has 2 aromatic rings. The summed E-state index contributed by atoms with van der Waals surface area (Å²) in [7, 11) is 0. The normalized spacial score (nSPS) is 9.87. The molecule has 0 bridgehead atoms. The predicted molar refractivity (Wildman–Crippen MR) is 58.6 cm³/mol. The summed E-state index contributed by atoms with van der Waals surface area (Å²) < 4.78 is 1.82. The summed E-state index contributed by atoms with van der Waals surface area (Å²) in [6.07, 6.45) is 3.79. The van der Waals surface area contributed by atoms with Crippen LogP contribution < -0.4 is 0 Å². The van der Waals surface area contributed by atoms with Crippen molar-refractivity contribution in [2.24, 2.45) is 0 Å². The van der Waals surface area contributed by atoms with E-state index in [1.807, 2.05) is 48.3 Å². The van der Waals surface area contributed by atoms with Crippen molar-refractivity contribution in [2.45, 2.75) is 13.5 Å². The monoisotopic (exact) mass is 197 g/mol. The summed E-state index contributed by atoms with van der Waals surface area (Å²) in [6.45, 7) is 9.25. The number of aromatic nitrogens is 2. The van der Waals surface area contributed by atoms with Crippen molar-refractivity contribution in [3.8, 4) is 5.69 Å². The van der Waals surface area contributed by atoms with E-state index in [4.69, 9.17) is 6.57 Å². The second kappa shape index (κ2) is 3.97. The molecule has 0 radical (unpaired) electrons. The molecule has 0 saturated heterocycles. The molecule has 1 aromatic heterocycles. The Labute approximate surface area is 88.8 Å². The van der Waals surface area contributed by atoms with Crippen molar-refractivity contribution in [1.29, 1.82) is 0 Å². The molecule has 0 N–H and O–H groups in total. The highest BCUT2D eigenvalue weighted by molar-refractivity contribution is 5.35. The first-order chi connectivity index (χ1) is 7.29. The summed E-state index contributed by atoms with van der Waals surface area (Å²) in [5.74, 6) is 0. The lowest BCUT2D eigenvalue weighted by Gasteiger charge is -2.01. The number of nitrogens with zero attached hydrogens (tertiary/aromatic N) is 3. The van der Waals surface area contributed by atoms with Crippen LogP contribution in [0.25, 0.3) is 10.5 Å².